The van der Waals surface area contributed by atoms with Crippen molar-refractivity contribution in [2.75, 3.05) is 44.3 Å². The molecule has 0 spiro atoms. The van der Waals surface area contributed by atoms with E-state index in [4.69, 9.17) is 10.5 Å². The zero-order valence-corrected chi connectivity index (χ0v) is 22.0. The molecule has 0 saturated carbocycles. The summed E-state index contributed by atoms with van der Waals surface area (Å²) in [4.78, 5) is 26.3. The summed E-state index contributed by atoms with van der Waals surface area (Å²) in [5.74, 6) is -0.186. The minimum absolute atomic E-state index is 0.152. The monoisotopic (exact) mass is 530 g/mol. The van der Waals surface area contributed by atoms with E-state index >= 15 is 0 Å². The molecule has 3 atom stereocenters. The number of hydrogen-bond acceptors (Lipinski definition) is 9. The largest absolute Gasteiger partial charge is 0.385 e. The normalized spacial score (nSPS) is 21.8. The molecule has 3 unspecified atom stereocenters. The Kier molecular flexibility index (Phi) is 7.83. The van der Waals surface area contributed by atoms with Crippen LogP contribution in [-0.2, 0) is 15.9 Å². The van der Waals surface area contributed by atoms with Crippen LogP contribution in [0.4, 0.5) is 20.7 Å². The van der Waals surface area contributed by atoms with Crippen LogP contribution in [0.5, 0.6) is 0 Å². The van der Waals surface area contributed by atoms with Gasteiger partial charge in [0.25, 0.3) is 0 Å². The number of benzene rings is 1. The average Bonchev–Trinajstić information content (AvgIpc) is 3.40. The lowest BCUT2D eigenvalue weighted by Crippen LogP contribution is -2.48. The predicted molar refractivity (Wildman–Crippen MR) is 140 cm³/mol. The van der Waals surface area contributed by atoms with Crippen molar-refractivity contribution in [3.63, 3.8) is 0 Å². The summed E-state index contributed by atoms with van der Waals surface area (Å²) < 4.78 is 21.4. The van der Waals surface area contributed by atoms with Gasteiger partial charge in [-0.1, -0.05) is 26.8 Å². The molecule has 0 radical (unpaired) electrons. The molecule has 6 N–H and O–H groups in total. The lowest BCUT2D eigenvalue weighted by molar-refractivity contribution is -0.108. The van der Waals surface area contributed by atoms with E-state index in [-0.39, 0.29) is 23.7 Å². The van der Waals surface area contributed by atoms with E-state index in [0.29, 0.717) is 48.5 Å². The summed E-state index contributed by atoms with van der Waals surface area (Å²) >= 11 is 0. The Morgan fingerprint density at radius 3 is 2.82 bits per heavy atom. The average molecular weight is 531 g/mol. The first-order valence-electron chi connectivity index (χ1n) is 12.4. The van der Waals surface area contributed by atoms with Crippen molar-refractivity contribution >= 4 is 28.7 Å². The van der Waals surface area contributed by atoms with E-state index in [0.717, 1.165) is 0 Å². The predicted octanol–water partition coefficient (Wildman–Crippen LogP) is 1.39. The van der Waals surface area contributed by atoms with Gasteiger partial charge in [-0.2, -0.15) is 0 Å². The topological polar surface area (TPSA) is 164 Å². The number of amides is 2. The van der Waals surface area contributed by atoms with Crippen LogP contribution in [0.25, 0.3) is 11.2 Å². The van der Waals surface area contributed by atoms with Gasteiger partial charge in [0.05, 0.1) is 12.9 Å². The standard InChI is InChI=1S/C25H35FN8O4/c1-24(2,3)16-7-6-15(10-17(16)26)32-23(36)28-8-5-9-33(4)11-18-20(35)25(37,12-38-18)34-14-31-19-21(27)29-13-30-22(19)34/h6-7,10,13-14,18,20,35,37H,5,8-9,11-12H2,1-4H3,(H2,27,29,30)(H2,28,32,36). The number of carbonyl (C=O) groups excluding carboxylic acids is 1. The summed E-state index contributed by atoms with van der Waals surface area (Å²) in [7, 11) is 1.85. The molecule has 1 aliphatic rings. The number of urea groups is 1. The summed E-state index contributed by atoms with van der Waals surface area (Å²) in [6, 6.07) is 4.25. The molecule has 0 bridgehead atoms. The number of imidazole rings is 1. The smallest absolute Gasteiger partial charge is 0.319 e. The number of nitrogen functional groups attached to an aromatic ring is 1. The fourth-order valence-electron chi connectivity index (χ4n) is 4.53. The second-order valence-electron chi connectivity index (χ2n) is 10.7. The second-order valence-corrected chi connectivity index (χ2v) is 10.7. The third-order valence-electron chi connectivity index (χ3n) is 6.64. The number of aromatic nitrogens is 4. The fraction of sp³-hybridized carbons (Fsp3) is 0.520. The Hall–Kier alpha value is -3.39. The zero-order chi connectivity index (χ0) is 27.7. The van der Waals surface area contributed by atoms with E-state index in [2.05, 4.69) is 25.6 Å². The van der Waals surface area contributed by atoms with Crippen molar-refractivity contribution < 1.29 is 24.1 Å². The van der Waals surface area contributed by atoms with E-state index in [1.807, 2.05) is 32.7 Å². The molecule has 1 aliphatic heterocycles. The molecule has 2 aromatic heterocycles. The number of rotatable bonds is 8. The summed E-state index contributed by atoms with van der Waals surface area (Å²) in [5.41, 5.74) is 5.33. The van der Waals surface area contributed by atoms with Gasteiger partial charge in [-0.3, -0.25) is 4.57 Å². The van der Waals surface area contributed by atoms with Crippen LogP contribution in [0.3, 0.4) is 0 Å². The number of aliphatic hydroxyl groups is 2. The number of nitrogens with one attached hydrogen (secondary N) is 2. The molecule has 1 saturated heterocycles. The number of aliphatic hydroxyl groups excluding tert-OH is 1. The Morgan fingerprint density at radius 2 is 2.11 bits per heavy atom. The number of halogens is 1. The minimum atomic E-state index is -1.76. The van der Waals surface area contributed by atoms with Gasteiger partial charge < -0.3 is 36.2 Å². The quantitative estimate of drug-likeness (QED) is 0.271. The van der Waals surface area contributed by atoms with Gasteiger partial charge in [0.15, 0.2) is 17.2 Å². The van der Waals surface area contributed by atoms with Gasteiger partial charge in [0.1, 0.15) is 29.9 Å². The number of fused-ring (bicyclic) bond motifs is 1. The van der Waals surface area contributed by atoms with Gasteiger partial charge in [-0.05, 0) is 43.1 Å². The minimum Gasteiger partial charge on any atom is -0.385 e. The highest BCUT2D eigenvalue weighted by Gasteiger charge is 2.50. The number of likely N-dealkylation sites (N-methyl/N-ethyl adjacent to an activating group) is 1. The van der Waals surface area contributed by atoms with Crippen molar-refractivity contribution in [2.45, 2.75) is 50.5 Å². The summed E-state index contributed by atoms with van der Waals surface area (Å²) in [5, 5.41) is 27.5. The van der Waals surface area contributed by atoms with E-state index in [1.54, 1.807) is 12.1 Å². The molecule has 206 valence electrons. The summed E-state index contributed by atoms with van der Waals surface area (Å²) in [6.07, 6.45) is 1.34. The maximum Gasteiger partial charge on any atom is 0.319 e. The van der Waals surface area contributed by atoms with Crippen molar-refractivity contribution in [1.82, 2.24) is 29.7 Å². The molecule has 2 amide bonds. The first kappa shape index (κ1) is 27.6. The molecule has 13 heteroatoms. The van der Waals surface area contributed by atoms with Crippen LogP contribution in [0.2, 0.25) is 0 Å². The molecule has 1 fully saturated rings. The van der Waals surface area contributed by atoms with Gasteiger partial charge in [0.2, 0.25) is 0 Å². The van der Waals surface area contributed by atoms with Crippen molar-refractivity contribution in [2.24, 2.45) is 0 Å². The Balaban J connectivity index is 1.23. The van der Waals surface area contributed by atoms with Crippen LogP contribution in [0.1, 0.15) is 32.8 Å². The number of carbonyl (C=O) groups is 1. The lowest BCUT2D eigenvalue weighted by atomic mass is 9.86. The van der Waals surface area contributed by atoms with Gasteiger partial charge in [-0.15, -0.1) is 0 Å². The van der Waals surface area contributed by atoms with Crippen LogP contribution >= 0.6 is 0 Å². The maximum absolute atomic E-state index is 14.4. The number of hydrogen-bond donors (Lipinski definition) is 5. The molecule has 3 heterocycles. The Labute approximate surface area is 220 Å². The van der Waals surface area contributed by atoms with Crippen LogP contribution in [0.15, 0.2) is 30.9 Å². The molecule has 1 aromatic carbocycles. The SMILES string of the molecule is CN(CCCNC(=O)Nc1ccc(C(C)(C)C)c(F)c1)CC1OCC(O)(n2cnc3c(N)ncnc32)C1O. The first-order chi connectivity index (χ1) is 17.9. The third-order valence-corrected chi connectivity index (χ3v) is 6.64. The molecule has 4 rings (SSSR count). The second kappa shape index (κ2) is 10.8. The van der Waals surface area contributed by atoms with Crippen LogP contribution < -0.4 is 16.4 Å². The number of nitrogens with zero attached hydrogens (tertiary/aromatic N) is 5. The Bertz CT molecular complexity index is 1300. The molecular weight excluding hydrogens is 495 g/mol. The van der Waals surface area contributed by atoms with Gasteiger partial charge in [-0.25, -0.2) is 24.1 Å². The van der Waals surface area contributed by atoms with Crippen LogP contribution in [0, 0.1) is 5.82 Å². The van der Waals surface area contributed by atoms with Crippen molar-refractivity contribution in [3.05, 3.63) is 42.2 Å². The molecule has 38 heavy (non-hydrogen) atoms. The molecule has 12 nitrogen and oxygen atoms in total. The number of ether oxygens (including phenoxy) is 1. The third kappa shape index (κ3) is 5.70. The van der Waals surface area contributed by atoms with Crippen molar-refractivity contribution in [1.29, 1.82) is 0 Å². The zero-order valence-electron chi connectivity index (χ0n) is 22.0. The van der Waals surface area contributed by atoms with Crippen molar-refractivity contribution in [3.8, 4) is 0 Å². The molecule has 3 aromatic rings. The Morgan fingerprint density at radius 1 is 1.34 bits per heavy atom. The highest BCUT2D eigenvalue weighted by atomic mass is 19.1. The number of anilines is 2. The van der Waals surface area contributed by atoms with Gasteiger partial charge in [0, 0.05) is 18.8 Å². The van der Waals surface area contributed by atoms with Crippen LogP contribution in [-0.4, -0.2) is 86.2 Å². The number of nitrogens with two attached hydrogens (primary N) is 1. The highest BCUT2D eigenvalue weighted by Crippen LogP contribution is 2.33. The van der Waals surface area contributed by atoms with Gasteiger partial charge >= 0.3 is 6.03 Å². The molecular formula is C25H35FN8O4. The fourth-order valence-corrected chi connectivity index (χ4v) is 4.53. The maximum atomic E-state index is 14.4. The van der Waals surface area contributed by atoms with E-state index < -0.39 is 24.0 Å². The van der Waals surface area contributed by atoms with E-state index in [9.17, 15) is 19.4 Å². The summed E-state index contributed by atoms with van der Waals surface area (Å²) in [6.45, 7) is 6.96. The molecule has 0 aliphatic carbocycles. The first-order valence-corrected chi connectivity index (χ1v) is 12.4. The van der Waals surface area contributed by atoms with E-state index in [1.165, 1.54) is 23.3 Å². The lowest BCUT2D eigenvalue weighted by Gasteiger charge is -2.29. The highest BCUT2D eigenvalue weighted by molar-refractivity contribution is 5.89.